The van der Waals surface area contributed by atoms with E-state index in [1.165, 1.54) is 19.1 Å². The van der Waals surface area contributed by atoms with E-state index in [1.54, 1.807) is 12.1 Å². The SMILES string of the molecule is CC(=O)NCC(=O)OCCSSC[C@H](NC(=O)[C@H](CC(=O)O)CC(=O)[C@H](CC(=O)O)NC(=O)Cc1ccc(CC(=O)NCCCC[C@H](CC(=O)CCCCC(=O)O)C(=O)O)cc1)C(=O)O. The summed E-state index contributed by atoms with van der Waals surface area (Å²) < 4.78 is 4.91. The fourth-order valence-corrected chi connectivity index (χ4v) is 7.82. The summed E-state index contributed by atoms with van der Waals surface area (Å²) in [6.45, 7) is 1.08. The van der Waals surface area contributed by atoms with Crippen molar-refractivity contribution in [2.75, 3.05) is 31.2 Å². The minimum atomic E-state index is -1.68. The topological polar surface area (TPSA) is 363 Å². The number of ketones is 2. The number of hydrogen-bond acceptors (Lipinski definition) is 15. The molecule has 0 aliphatic heterocycles. The number of carbonyl (C=O) groups excluding carboxylic acids is 7. The Morgan fingerprint density at radius 1 is 0.615 bits per heavy atom. The highest BCUT2D eigenvalue weighted by molar-refractivity contribution is 8.76. The van der Waals surface area contributed by atoms with Crippen molar-refractivity contribution in [2.45, 2.75) is 102 Å². The first-order valence-electron chi connectivity index (χ1n) is 20.4. The van der Waals surface area contributed by atoms with Crippen molar-refractivity contribution >= 4 is 92.6 Å². The van der Waals surface area contributed by atoms with Gasteiger partial charge in [-0.2, -0.15) is 0 Å². The molecule has 4 atom stereocenters. The first kappa shape index (κ1) is 57.0. The predicted molar refractivity (Wildman–Crippen MR) is 231 cm³/mol. The number of rotatable bonds is 36. The van der Waals surface area contributed by atoms with Crippen LogP contribution in [0.2, 0.25) is 0 Å². The van der Waals surface area contributed by atoms with Crippen molar-refractivity contribution in [2.24, 2.45) is 11.8 Å². The molecule has 1 aromatic carbocycles. The van der Waals surface area contributed by atoms with E-state index in [-0.39, 0.29) is 81.4 Å². The van der Waals surface area contributed by atoms with Crippen LogP contribution in [0.5, 0.6) is 0 Å². The molecule has 0 aromatic heterocycles. The van der Waals surface area contributed by atoms with Crippen LogP contribution in [-0.4, -0.2) is 140 Å². The smallest absolute Gasteiger partial charge is 0.327 e. The largest absolute Gasteiger partial charge is 0.481 e. The summed E-state index contributed by atoms with van der Waals surface area (Å²) in [5.74, 6) is -13.7. The second-order valence-corrected chi connectivity index (χ2v) is 17.3. The zero-order valence-electron chi connectivity index (χ0n) is 35.7. The van der Waals surface area contributed by atoms with Crippen molar-refractivity contribution in [3.05, 3.63) is 35.4 Å². The van der Waals surface area contributed by atoms with Crippen LogP contribution in [0, 0.1) is 11.8 Å². The van der Waals surface area contributed by atoms with Crippen LogP contribution in [0.15, 0.2) is 24.3 Å². The van der Waals surface area contributed by atoms with Gasteiger partial charge in [0, 0.05) is 50.7 Å². The number of carboxylic acids is 5. The minimum absolute atomic E-state index is 0.0342. The third-order valence-electron chi connectivity index (χ3n) is 9.16. The molecule has 65 heavy (non-hydrogen) atoms. The summed E-state index contributed by atoms with van der Waals surface area (Å²) in [4.78, 5) is 144. The lowest BCUT2D eigenvalue weighted by Crippen LogP contribution is -2.48. The van der Waals surface area contributed by atoms with Crippen LogP contribution in [0.1, 0.15) is 88.7 Å². The van der Waals surface area contributed by atoms with E-state index in [1.807, 2.05) is 0 Å². The molecule has 22 nitrogen and oxygen atoms in total. The van der Waals surface area contributed by atoms with E-state index in [9.17, 15) is 78.0 Å². The molecule has 0 unspecified atom stereocenters. The molecule has 0 saturated heterocycles. The maximum absolute atomic E-state index is 13.3. The fraction of sp³-hybridized carbons (Fsp3) is 0.561. The van der Waals surface area contributed by atoms with Gasteiger partial charge in [-0.3, -0.25) is 52.7 Å². The third kappa shape index (κ3) is 27.7. The summed E-state index contributed by atoms with van der Waals surface area (Å²) in [6, 6.07) is 2.99. The third-order valence-corrected chi connectivity index (χ3v) is 11.5. The summed E-state index contributed by atoms with van der Waals surface area (Å²) in [6.07, 6.45) is -1.38. The standard InChI is InChI=1S/C41H56N4O18S2/c1-24(46)43-22-38(57)63-14-15-64-65-23-31(41(61)62)45-39(58)28(20-36(53)54)19-32(48)30(21-37(55)56)44-34(50)17-26-11-9-25(10-12-26)16-33(49)42-13-5-4-6-27(40(59)60)18-29(47)7-2-3-8-35(51)52/h9-12,27-28,30-31H,2-8,13-23H2,1H3,(H,42,49)(H,43,46)(H,44,50)(H,45,58)(H,51,52)(H,53,54)(H,55,56)(H,59,60)(H,61,62)/t27-,28+,30+,31+/m1/s1. The highest BCUT2D eigenvalue weighted by Crippen LogP contribution is 2.23. The first-order chi connectivity index (χ1) is 30.7. The normalized spacial score (nSPS) is 12.6. The molecule has 24 heteroatoms. The van der Waals surface area contributed by atoms with Gasteiger partial charge in [-0.1, -0.05) is 52.3 Å². The lowest BCUT2D eigenvalue weighted by Gasteiger charge is -2.21. The number of benzene rings is 1. The summed E-state index contributed by atoms with van der Waals surface area (Å²) in [5.41, 5.74) is 0.990. The first-order valence-corrected chi connectivity index (χ1v) is 22.9. The molecule has 0 fully saturated rings. The van der Waals surface area contributed by atoms with Gasteiger partial charge >= 0.3 is 35.8 Å². The molecule has 1 aromatic rings. The van der Waals surface area contributed by atoms with E-state index in [2.05, 4.69) is 21.3 Å². The van der Waals surface area contributed by atoms with Crippen LogP contribution < -0.4 is 21.3 Å². The Hall–Kier alpha value is -6.04. The second kappa shape index (κ2) is 31.7. The lowest BCUT2D eigenvalue weighted by atomic mass is 9.93. The van der Waals surface area contributed by atoms with E-state index in [0.29, 0.717) is 36.8 Å². The molecule has 9 N–H and O–H groups in total. The van der Waals surface area contributed by atoms with E-state index < -0.39 is 103 Å². The zero-order chi connectivity index (χ0) is 48.9. The van der Waals surface area contributed by atoms with Gasteiger partial charge in [-0.25, -0.2) is 4.79 Å². The van der Waals surface area contributed by atoms with E-state index in [0.717, 1.165) is 21.6 Å². The molecule has 0 spiro atoms. The van der Waals surface area contributed by atoms with Gasteiger partial charge in [0.2, 0.25) is 23.6 Å². The van der Waals surface area contributed by atoms with Crippen LogP contribution in [0.4, 0.5) is 0 Å². The van der Waals surface area contributed by atoms with Crippen LogP contribution >= 0.6 is 21.6 Å². The van der Waals surface area contributed by atoms with Gasteiger partial charge in [0.05, 0.1) is 43.6 Å². The number of nitrogens with one attached hydrogen (secondary N) is 4. The maximum atomic E-state index is 13.3. The molecular weight excluding hydrogens is 901 g/mol. The Balaban J connectivity index is 2.68. The van der Waals surface area contributed by atoms with Crippen LogP contribution in [-0.2, 0) is 75.1 Å². The number of carboxylic acid groups (broad SMARTS) is 5. The summed E-state index contributed by atoms with van der Waals surface area (Å²) >= 11 is 0. The number of esters is 1. The Bertz CT molecular complexity index is 1840. The van der Waals surface area contributed by atoms with Gasteiger partial charge in [0.25, 0.3) is 0 Å². The summed E-state index contributed by atoms with van der Waals surface area (Å²) in [5, 5.41) is 56.2. The van der Waals surface area contributed by atoms with Crippen molar-refractivity contribution < 1.29 is 87.8 Å². The molecule has 0 heterocycles. The van der Waals surface area contributed by atoms with Gasteiger partial charge in [0.1, 0.15) is 25.0 Å². The highest BCUT2D eigenvalue weighted by atomic mass is 33.1. The number of amides is 4. The molecule has 0 bridgehead atoms. The van der Waals surface area contributed by atoms with Gasteiger partial charge in [0.15, 0.2) is 5.78 Å². The molecule has 4 amide bonds. The Morgan fingerprint density at radius 2 is 1.23 bits per heavy atom. The monoisotopic (exact) mass is 956 g/mol. The Kier molecular flexibility index (Phi) is 27.8. The van der Waals surface area contributed by atoms with Crippen LogP contribution in [0.3, 0.4) is 0 Å². The Labute approximate surface area is 381 Å². The molecule has 0 aliphatic rings. The van der Waals surface area contributed by atoms with Gasteiger partial charge in [-0.05, 0) is 36.8 Å². The molecule has 360 valence electrons. The number of unbranched alkanes of at least 4 members (excludes halogenated alkanes) is 2. The average molecular weight is 957 g/mol. The number of Topliss-reactive ketones (excluding diaryl/α,β-unsaturated/α-hetero) is 2. The molecule has 0 radical (unpaired) electrons. The van der Waals surface area contributed by atoms with Gasteiger partial charge in [-0.15, -0.1) is 0 Å². The van der Waals surface area contributed by atoms with E-state index >= 15 is 0 Å². The maximum Gasteiger partial charge on any atom is 0.327 e. The predicted octanol–water partition coefficient (Wildman–Crippen LogP) is 1.00. The number of hydrogen-bond donors (Lipinski definition) is 9. The van der Waals surface area contributed by atoms with Crippen LogP contribution in [0.25, 0.3) is 0 Å². The molecule has 0 saturated carbocycles. The molecule has 1 rings (SSSR count). The number of ether oxygens (including phenoxy) is 1. The van der Waals surface area contributed by atoms with Crippen molar-refractivity contribution in [1.82, 2.24) is 21.3 Å². The lowest BCUT2D eigenvalue weighted by molar-refractivity contribution is -0.145. The van der Waals surface area contributed by atoms with Crippen molar-refractivity contribution in [3.8, 4) is 0 Å². The van der Waals surface area contributed by atoms with Crippen molar-refractivity contribution in [1.29, 1.82) is 0 Å². The zero-order valence-corrected chi connectivity index (χ0v) is 37.3. The van der Waals surface area contributed by atoms with Gasteiger partial charge < -0.3 is 51.5 Å². The molecule has 0 aliphatic carbocycles. The fourth-order valence-electron chi connectivity index (χ4n) is 5.84. The Morgan fingerprint density at radius 3 is 1.80 bits per heavy atom. The van der Waals surface area contributed by atoms with E-state index in [4.69, 9.17) is 9.84 Å². The average Bonchev–Trinajstić information content (AvgIpc) is 3.21. The highest BCUT2D eigenvalue weighted by Gasteiger charge is 2.33. The number of aliphatic carboxylic acids is 5. The summed E-state index contributed by atoms with van der Waals surface area (Å²) in [7, 11) is 2.09. The quantitative estimate of drug-likeness (QED) is 0.0257. The second-order valence-electron chi connectivity index (χ2n) is 14.7. The molecular formula is C41H56N4O18S2. The van der Waals surface area contributed by atoms with Crippen molar-refractivity contribution in [3.63, 3.8) is 0 Å². The number of carbonyl (C=O) groups is 12. The minimum Gasteiger partial charge on any atom is -0.481 e.